The predicted molar refractivity (Wildman–Crippen MR) is 87.9 cm³/mol. The standard InChI is InChI=1S/C17H19F2NO2S/c1-5-22-15(21)17(18,19)10-14(23-11-20)12-6-8-13(9-7-12)16(2,3)4/h6-10H,5H2,1-4H3/b14-10+. The maximum Gasteiger partial charge on any atom is 0.381 e. The molecule has 0 spiro atoms. The zero-order valence-corrected chi connectivity index (χ0v) is 14.3. The Bertz CT molecular complexity index is 625. The number of thioether (sulfide) groups is 1. The van der Waals surface area contributed by atoms with Gasteiger partial charge in [0.15, 0.2) is 0 Å². The Kier molecular flexibility index (Phi) is 6.34. The summed E-state index contributed by atoms with van der Waals surface area (Å²) in [6.45, 7) is 7.43. The monoisotopic (exact) mass is 339 g/mol. The molecule has 3 nitrogen and oxygen atoms in total. The van der Waals surface area contributed by atoms with Crippen LogP contribution in [-0.4, -0.2) is 18.5 Å². The van der Waals surface area contributed by atoms with Crippen LogP contribution in [0.2, 0.25) is 0 Å². The van der Waals surface area contributed by atoms with Crippen molar-refractivity contribution in [1.82, 2.24) is 0 Å². The van der Waals surface area contributed by atoms with Crippen LogP contribution in [0, 0.1) is 10.7 Å². The molecule has 0 aliphatic heterocycles. The largest absolute Gasteiger partial charge is 0.461 e. The number of alkyl halides is 2. The van der Waals surface area contributed by atoms with Crippen molar-refractivity contribution >= 4 is 22.6 Å². The van der Waals surface area contributed by atoms with Gasteiger partial charge in [0, 0.05) is 11.0 Å². The first-order valence-corrected chi connectivity index (χ1v) is 7.88. The number of carbonyl (C=O) groups is 1. The van der Waals surface area contributed by atoms with E-state index in [-0.39, 0.29) is 16.9 Å². The van der Waals surface area contributed by atoms with E-state index in [2.05, 4.69) is 4.74 Å². The minimum atomic E-state index is -3.78. The highest BCUT2D eigenvalue weighted by atomic mass is 32.2. The third kappa shape index (κ3) is 5.36. The van der Waals surface area contributed by atoms with Gasteiger partial charge in [-0.2, -0.15) is 14.0 Å². The number of hydrogen-bond donors (Lipinski definition) is 0. The molecule has 0 saturated carbocycles. The molecule has 0 saturated heterocycles. The number of carbonyl (C=O) groups excluding carboxylic acids is 1. The zero-order chi connectivity index (χ0) is 17.7. The lowest BCUT2D eigenvalue weighted by Gasteiger charge is -2.19. The van der Waals surface area contributed by atoms with Gasteiger partial charge in [0.1, 0.15) is 5.40 Å². The molecule has 1 aromatic carbocycles. The predicted octanol–water partition coefficient (Wildman–Crippen LogP) is 4.74. The van der Waals surface area contributed by atoms with Crippen molar-refractivity contribution in [2.24, 2.45) is 0 Å². The summed E-state index contributed by atoms with van der Waals surface area (Å²) < 4.78 is 32.1. The van der Waals surface area contributed by atoms with Gasteiger partial charge in [0.25, 0.3) is 0 Å². The Balaban J connectivity index is 3.19. The number of nitriles is 1. The van der Waals surface area contributed by atoms with Gasteiger partial charge in [-0.1, -0.05) is 45.0 Å². The first-order valence-electron chi connectivity index (χ1n) is 7.06. The molecule has 0 fully saturated rings. The molecule has 0 N–H and O–H groups in total. The number of esters is 1. The molecule has 1 rings (SSSR count). The van der Waals surface area contributed by atoms with Crippen LogP contribution >= 0.6 is 11.8 Å². The second kappa shape index (κ2) is 7.60. The Morgan fingerprint density at radius 3 is 2.30 bits per heavy atom. The van der Waals surface area contributed by atoms with Crippen LogP contribution in [0.25, 0.3) is 4.91 Å². The number of nitrogens with zero attached hydrogens (tertiary/aromatic N) is 1. The van der Waals surface area contributed by atoms with E-state index in [0.29, 0.717) is 23.4 Å². The van der Waals surface area contributed by atoms with Crippen molar-refractivity contribution in [3.8, 4) is 5.40 Å². The van der Waals surface area contributed by atoms with Crippen molar-refractivity contribution < 1.29 is 18.3 Å². The summed E-state index contributed by atoms with van der Waals surface area (Å²) in [7, 11) is 0. The Labute approximate surface area is 139 Å². The highest BCUT2D eigenvalue weighted by molar-refractivity contribution is 8.12. The van der Waals surface area contributed by atoms with Gasteiger partial charge in [0.2, 0.25) is 0 Å². The quantitative estimate of drug-likeness (QED) is 0.574. The van der Waals surface area contributed by atoms with Crippen molar-refractivity contribution in [2.45, 2.75) is 39.0 Å². The molecular formula is C17H19F2NO2S. The van der Waals surface area contributed by atoms with E-state index in [0.717, 1.165) is 5.56 Å². The van der Waals surface area contributed by atoms with Gasteiger partial charge in [-0.3, -0.25) is 0 Å². The molecule has 0 aromatic heterocycles. The van der Waals surface area contributed by atoms with Gasteiger partial charge >= 0.3 is 11.9 Å². The number of halogens is 2. The van der Waals surface area contributed by atoms with E-state index in [4.69, 9.17) is 5.26 Å². The van der Waals surface area contributed by atoms with Crippen molar-refractivity contribution in [3.05, 3.63) is 41.5 Å². The Morgan fingerprint density at radius 1 is 1.30 bits per heavy atom. The average Bonchev–Trinajstić information content (AvgIpc) is 2.46. The third-order valence-corrected chi connectivity index (χ3v) is 3.72. The fraction of sp³-hybridized carbons (Fsp3) is 0.412. The molecular weight excluding hydrogens is 320 g/mol. The van der Waals surface area contributed by atoms with Crippen molar-refractivity contribution in [3.63, 3.8) is 0 Å². The summed E-state index contributed by atoms with van der Waals surface area (Å²) in [5, 5.41) is 10.6. The van der Waals surface area contributed by atoms with Gasteiger partial charge in [-0.15, -0.1) is 0 Å². The minimum Gasteiger partial charge on any atom is -0.461 e. The highest BCUT2D eigenvalue weighted by Gasteiger charge is 2.38. The lowest BCUT2D eigenvalue weighted by molar-refractivity contribution is -0.164. The first kappa shape index (κ1) is 19.2. The smallest absolute Gasteiger partial charge is 0.381 e. The fourth-order valence-electron chi connectivity index (χ4n) is 1.81. The maximum absolute atomic E-state index is 13.9. The molecule has 1 aromatic rings. The van der Waals surface area contributed by atoms with E-state index in [1.54, 1.807) is 17.5 Å². The van der Waals surface area contributed by atoms with E-state index < -0.39 is 11.9 Å². The number of thiocyanates is 1. The molecule has 0 aliphatic rings. The molecule has 0 bridgehead atoms. The lowest BCUT2D eigenvalue weighted by Crippen LogP contribution is -2.28. The normalized spacial score (nSPS) is 12.7. The second-order valence-electron chi connectivity index (χ2n) is 5.87. The molecule has 0 aliphatic carbocycles. The van der Waals surface area contributed by atoms with Crippen LogP contribution in [0.4, 0.5) is 8.78 Å². The minimum absolute atomic E-state index is 0.0195. The number of rotatable bonds is 5. The maximum atomic E-state index is 13.9. The van der Waals surface area contributed by atoms with Gasteiger partial charge in [-0.05, 0) is 35.2 Å². The molecule has 6 heteroatoms. The summed E-state index contributed by atoms with van der Waals surface area (Å²) in [5.41, 5.74) is 1.42. The molecule has 23 heavy (non-hydrogen) atoms. The Hall–Kier alpha value is -1.87. The van der Waals surface area contributed by atoms with Crippen molar-refractivity contribution in [2.75, 3.05) is 6.61 Å². The molecule has 0 atom stereocenters. The molecule has 0 radical (unpaired) electrons. The molecule has 0 heterocycles. The summed E-state index contributed by atoms with van der Waals surface area (Å²) in [6, 6.07) is 6.98. The zero-order valence-electron chi connectivity index (χ0n) is 13.5. The SMILES string of the molecule is CCOC(=O)C(F)(F)/C=C(/SC#N)c1ccc(C(C)(C)C)cc1. The summed E-state index contributed by atoms with van der Waals surface area (Å²) in [6.07, 6.45) is 0.477. The third-order valence-electron chi connectivity index (χ3n) is 3.05. The van der Waals surface area contributed by atoms with E-state index in [1.165, 1.54) is 6.92 Å². The van der Waals surface area contributed by atoms with Crippen LogP contribution in [0.15, 0.2) is 30.3 Å². The highest BCUT2D eigenvalue weighted by Crippen LogP contribution is 2.33. The fourth-order valence-corrected chi connectivity index (χ4v) is 2.37. The lowest BCUT2D eigenvalue weighted by atomic mass is 9.86. The number of ether oxygens (including phenoxy) is 1. The van der Waals surface area contributed by atoms with Crippen LogP contribution in [-0.2, 0) is 14.9 Å². The molecule has 0 amide bonds. The topological polar surface area (TPSA) is 50.1 Å². The number of benzene rings is 1. The van der Waals surface area contributed by atoms with Gasteiger partial charge in [0.05, 0.1) is 6.61 Å². The summed E-state index contributed by atoms with van der Waals surface area (Å²) >= 11 is 0.584. The molecule has 0 unspecified atom stereocenters. The van der Waals surface area contributed by atoms with E-state index in [9.17, 15) is 13.6 Å². The van der Waals surface area contributed by atoms with Gasteiger partial charge in [-0.25, -0.2) is 4.79 Å². The second-order valence-corrected chi connectivity index (χ2v) is 6.70. The van der Waals surface area contributed by atoms with Gasteiger partial charge < -0.3 is 4.74 Å². The van der Waals surface area contributed by atoms with Crippen molar-refractivity contribution in [1.29, 1.82) is 5.26 Å². The van der Waals surface area contributed by atoms with Crippen LogP contribution in [0.5, 0.6) is 0 Å². The van der Waals surface area contributed by atoms with E-state index in [1.807, 2.05) is 32.9 Å². The molecule has 124 valence electrons. The van der Waals surface area contributed by atoms with E-state index >= 15 is 0 Å². The summed E-state index contributed by atoms with van der Waals surface area (Å²) in [4.78, 5) is 11.3. The van der Waals surface area contributed by atoms with Crippen LogP contribution < -0.4 is 0 Å². The van der Waals surface area contributed by atoms with Crippen LogP contribution in [0.1, 0.15) is 38.8 Å². The first-order chi connectivity index (χ1) is 10.6. The summed E-state index contributed by atoms with van der Waals surface area (Å²) in [5.74, 6) is -5.40. The van der Waals surface area contributed by atoms with Crippen LogP contribution in [0.3, 0.4) is 0 Å². The Morgan fingerprint density at radius 2 is 1.87 bits per heavy atom. The average molecular weight is 339 g/mol. The number of hydrogen-bond acceptors (Lipinski definition) is 4.